The average molecular weight is 1020 g/mol. The lowest BCUT2D eigenvalue weighted by Crippen LogP contribution is -2.58. The summed E-state index contributed by atoms with van der Waals surface area (Å²) in [6.07, 6.45) is 8.20. The van der Waals surface area contributed by atoms with Crippen molar-refractivity contribution in [2.75, 3.05) is 93.9 Å². The fourth-order valence-electron chi connectivity index (χ4n) is 14.8. The van der Waals surface area contributed by atoms with Crippen LogP contribution < -0.4 is 18.9 Å². The number of benzene rings is 2. The molecule has 74 heavy (non-hydrogen) atoms. The van der Waals surface area contributed by atoms with Crippen LogP contribution in [0.3, 0.4) is 0 Å². The summed E-state index contributed by atoms with van der Waals surface area (Å²) in [5.41, 5.74) is 4.28. The van der Waals surface area contributed by atoms with Gasteiger partial charge in [-0.25, -0.2) is 4.79 Å². The fourth-order valence-corrected chi connectivity index (χ4v) is 14.8. The first-order valence-corrected chi connectivity index (χ1v) is 27.1. The van der Waals surface area contributed by atoms with Crippen molar-refractivity contribution in [3.8, 4) is 23.0 Å². The van der Waals surface area contributed by atoms with Crippen LogP contribution in [0.15, 0.2) is 46.6 Å². The van der Waals surface area contributed by atoms with E-state index >= 15 is 4.79 Å². The van der Waals surface area contributed by atoms with Crippen LogP contribution in [0.2, 0.25) is 0 Å². The molecule has 16 nitrogen and oxygen atoms in total. The first-order chi connectivity index (χ1) is 35.5. The molecule has 0 bridgehead atoms. The maximum absolute atomic E-state index is 15.4. The second-order valence-electron chi connectivity index (χ2n) is 23.3. The van der Waals surface area contributed by atoms with Gasteiger partial charge in [-0.2, -0.15) is 0 Å². The maximum atomic E-state index is 15.4. The smallest absolute Gasteiger partial charge is 0.342 e. The van der Waals surface area contributed by atoms with E-state index < -0.39 is 41.2 Å². The van der Waals surface area contributed by atoms with Gasteiger partial charge in [0.1, 0.15) is 46.0 Å². The minimum absolute atomic E-state index is 0.0409. The molecule has 402 valence electrons. The molecule has 0 amide bonds. The Kier molecular flexibility index (Phi) is 14.5. The Morgan fingerprint density at radius 2 is 1.12 bits per heavy atom. The number of esters is 3. The van der Waals surface area contributed by atoms with Crippen molar-refractivity contribution in [3.63, 3.8) is 0 Å². The third-order valence-electron chi connectivity index (χ3n) is 19.1. The highest BCUT2D eigenvalue weighted by molar-refractivity contribution is 5.95. The minimum atomic E-state index is -1.27. The molecule has 4 unspecified atom stereocenters. The minimum Gasteiger partial charge on any atom is -0.497 e. The molecule has 6 fully saturated rings. The molecular formula is C58H78N4O12. The summed E-state index contributed by atoms with van der Waals surface area (Å²) in [7, 11) is 6.27. The number of rotatable bonds is 15. The predicted molar refractivity (Wildman–Crippen MR) is 276 cm³/mol. The molecule has 4 aliphatic carbocycles. The molecule has 4 aliphatic heterocycles. The van der Waals surface area contributed by atoms with Crippen molar-refractivity contribution in [1.82, 2.24) is 19.6 Å². The third-order valence-corrected chi connectivity index (χ3v) is 19.1. The molecule has 4 saturated heterocycles. The van der Waals surface area contributed by atoms with E-state index in [1.807, 2.05) is 12.1 Å². The zero-order valence-electron chi connectivity index (χ0n) is 45.0. The lowest BCUT2D eigenvalue weighted by molar-refractivity contribution is -0.145. The molecule has 8 aliphatic rings. The Morgan fingerprint density at radius 1 is 0.635 bits per heavy atom. The molecular weight excluding hydrogens is 945 g/mol. The van der Waals surface area contributed by atoms with Crippen molar-refractivity contribution in [2.24, 2.45) is 22.7 Å². The van der Waals surface area contributed by atoms with Gasteiger partial charge >= 0.3 is 17.9 Å². The molecule has 0 spiro atoms. The Morgan fingerprint density at radius 3 is 1.69 bits per heavy atom. The summed E-state index contributed by atoms with van der Waals surface area (Å²) < 4.78 is 42.5. The number of allylic oxidation sites excluding steroid dienone is 2. The maximum Gasteiger partial charge on any atom is 0.342 e. The number of methoxy groups -OCH3 is 4. The number of piperazine rings is 2. The quantitative estimate of drug-likeness (QED) is 0.0858. The van der Waals surface area contributed by atoms with Gasteiger partial charge in [0.25, 0.3) is 0 Å². The number of aliphatic hydroxyl groups is 1. The van der Waals surface area contributed by atoms with Gasteiger partial charge in [0.05, 0.1) is 34.0 Å². The fraction of sp³-hybridized carbons (Fsp3) is 0.655. The summed E-state index contributed by atoms with van der Waals surface area (Å²) >= 11 is 0. The molecule has 2 aromatic rings. The van der Waals surface area contributed by atoms with Crippen LogP contribution in [0.4, 0.5) is 0 Å². The highest BCUT2D eigenvalue weighted by Crippen LogP contribution is 2.60. The van der Waals surface area contributed by atoms with Crippen molar-refractivity contribution in [3.05, 3.63) is 68.8 Å². The summed E-state index contributed by atoms with van der Waals surface area (Å²) in [6.45, 7) is 15.8. The average Bonchev–Trinajstić information content (AvgIpc) is 3.82. The van der Waals surface area contributed by atoms with Gasteiger partial charge in [0, 0.05) is 90.7 Å². The molecule has 16 heteroatoms. The van der Waals surface area contributed by atoms with Gasteiger partial charge in [-0.3, -0.25) is 34.0 Å². The number of carbonyl (C=O) groups excluding carboxylic acids is 4. The van der Waals surface area contributed by atoms with Gasteiger partial charge in [0.2, 0.25) is 0 Å². The van der Waals surface area contributed by atoms with Crippen LogP contribution in [0.5, 0.6) is 23.0 Å². The number of ether oxygens (including phenoxy) is 7. The topological polar surface area (TPSA) is 166 Å². The van der Waals surface area contributed by atoms with Crippen molar-refractivity contribution < 1.29 is 57.4 Å². The van der Waals surface area contributed by atoms with E-state index in [9.17, 15) is 19.5 Å². The molecule has 10 rings (SSSR count). The molecule has 4 heterocycles. The van der Waals surface area contributed by atoms with Gasteiger partial charge in [0.15, 0.2) is 24.1 Å². The number of aldehydes is 1. The SMILES string of the molecule is COc1cc(CN2CCN(CC3C(=O)O[C@H]4C5=C(C)CCC[C@]5(C)CCC34OC(=O)c3c(CN4CCN(CC5C(=O)O[C@H]6C7=C(C)CCC[C@]7(C)CCC56O)CC4)cc(OC)cc3OC)CC2)c(C=O)c(OC)c1. The van der Waals surface area contributed by atoms with Crippen LogP contribution >= 0.6 is 0 Å². The highest BCUT2D eigenvalue weighted by Gasteiger charge is 2.67. The van der Waals surface area contributed by atoms with Crippen LogP contribution in [0, 0.1) is 22.7 Å². The Hall–Kier alpha value is -5.00. The van der Waals surface area contributed by atoms with E-state index in [1.165, 1.54) is 18.3 Å². The molecule has 2 aromatic carbocycles. The number of nitrogens with zero attached hydrogens (tertiary/aromatic N) is 4. The van der Waals surface area contributed by atoms with Crippen LogP contribution in [0.1, 0.15) is 124 Å². The Bertz CT molecular complexity index is 2600. The highest BCUT2D eigenvalue weighted by atomic mass is 16.6. The standard InChI is InChI=1S/C58H78N4O12/c1-36-11-9-13-55(3)15-17-57(67)43(52(64)72-50(57)48(36)55)33-61-23-21-60(22-24-61)32-39-28-41(69-6)30-46(71-8)47(39)54(66)74-58-18-16-56(4)14-10-12-37(2)49(56)51(58)73-53(65)44(58)34-62-25-19-59(20-26-62)31-38-27-40(68-5)29-45(70-7)42(38)35-63/h27-30,35,43-44,50-51,67H,9-26,31-34H2,1-8H3/t43?,44?,50-,51-,55+,56+,57?,58?/m0/s1. The van der Waals surface area contributed by atoms with Gasteiger partial charge in [-0.05, 0) is 123 Å². The molecule has 8 atom stereocenters. The largest absolute Gasteiger partial charge is 0.497 e. The second kappa shape index (κ2) is 20.5. The van der Waals surface area contributed by atoms with E-state index in [0.29, 0.717) is 131 Å². The monoisotopic (exact) mass is 1020 g/mol. The summed E-state index contributed by atoms with van der Waals surface area (Å²) in [5.74, 6) is -0.652. The number of hydrogen-bond donors (Lipinski definition) is 1. The molecule has 0 radical (unpaired) electrons. The van der Waals surface area contributed by atoms with Crippen molar-refractivity contribution in [2.45, 2.75) is 128 Å². The van der Waals surface area contributed by atoms with E-state index in [-0.39, 0.29) is 22.8 Å². The lowest BCUT2D eigenvalue weighted by atomic mass is 9.57. The second-order valence-corrected chi connectivity index (χ2v) is 23.3. The van der Waals surface area contributed by atoms with E-state index in [2.05, 4.69) is 47.3 Å². The summed E-state index contributed by atoms with van der Waals surface area (Å²) in [4.78, 5) is 64.9. The van der Waals surface area contributed by atoms with E-state index in [1.54, 1.807) is 33.5 Å². The first-order valence-electron chi connectivity index (χ1n) is 27.1. The third kappa shape index (κ3) is 9.21. The van der Waals surface area contributed by atoms with Gasteiger partial charge in [-0.15, -0.1) is 0 Å². The van der Waals surface area contributed by atoms with E-state index in [4.69, 9.17) is 33.2 Å². The van der Waals surface area contributed by atoms with Crippen LogP contribution in [0.25, 0.3) is 0 Å². The van der Waals surface area contributed by atoms with E-state index in [0.717, 1.165) is 74.4 Å². The Labute approximate surface area is 436 Å². The summed E-state index contributed by atoms with van der Waals surface area (Å²) in [6, 6.07) is 7.18. The first kappa shape index (κ1) is 52.4. The molecule has 0 aromatic heterocycles. The van der Waals surface area contributed by atoms with Gasteiger partial charge < -0.3 is 38.3 Å². The van der Waals surface area contributed by atoms with Crippen molar-refractivity contribution in [1.29, 1.82) is 0 Å². The van der Waals surface area contributed by atoms with Gasteiger partial charge in [-0.1, -0.05) is 25.0 Å². The zero-order valence-corrected chi connectivity index (χ0v) is 45.0. The Balaban J connectivity index is 0.869. The van der Waals surface area contributed by atoms with Crippen LogP contribution in [-0.4, -0.2) is 166 Å². The number of carbonyl (C=O) groups is 4. The molecule has 2 saturated carbocycles. The predicted octanol–water partition coefficient (Wildman–Crippen LogP) is 6.78. The number of hydrogen-bond acceptors (Lipinski definition) is 16. The van der Waals surface area contributed by atoms with Crippen LogP contribution in [-0.2, 0) is 36.9 Å². The lowest BCUT2D eigenvalue weighted by Gasteiger charge is -2.51. The number of fused-ring (bicyclic) bond motifs is 6. The summed E-state index contributed by atoms with van der Waals surface area (Å²) in [5, 5.41) is 12.3. The zero-order chi connectivity index (χ0) is 52.3. The van der Waals surface area contributed by atoms with Crippen molar-refractivity contribution >= 4 is 24.2 Å². The molecule has 1 N–H and O–H groups in total. The normalized spacial score (nSPS) is 32.7.